The summed E-state index contributed by atoms with van der Waals surface area (Å²) in [5.74, 6) is 0.635. The monoisotopic (exact) mass is 197 g/mol. The summed E-state index contributed by atoms with van der Waals surface area (Å²) in [5.41, 5.74) is 1.13. The highest BCUT2D eigenvalue weighted by atomic mass is 35.5. The Labute approximate surface area is 85.1 Å². The summed E-state index contributed by atoms with van der Waals surface area (Å²) >= 11 is 5.78. The van der Waals surface area contributed by atoms with E-state index < -0.39 is 0 Å². The van der Waals surface area contributed by atoms with E-state index in [0.29, 0.717) is 12.0 Å². The molecule has 0 spiro atoms. The fourth-order valence-corrected chi connectivity index (χ4v) is 1.10. The number of halogens is 1. The molecule has 0 unspecified atom stereocenters. The lowest BCUT2D eigenvalue weighted by Crippen LogP contribution is -2.21. The fraction of sp³-hybridized carbons (Fsp3) is 0.455. The Bertz CT molecular complexity index is 253. The minimum atomic E-state index is 0.487. The zero-order chi connectivity index (χ0) is 9.84. The summed E-state index contributed by atoms with van der Waals surface area (Å²) in [6.45, 7) is 6.58. The molecule has 0 aliphatic carbocycles. The van der Waals surface area contributed by atoms with Crippen molar-refractivity contribution in [3.05, 3.63) is 29.3 Å². The van der Waals surface area contributed by atoms with E-state index in [1.807, 2.05) is 24.3 Å². The molecular weight excluding hydrogens is 182 g/mol. The van der Waals surface area contributed by atoms with Gasteiger partial charge >= 0.3 is 0 Å². The van der Waals surface area contributed by atoms with Crippen LogP contribution in [0.5, 0.6) is 0 Å². The number of hydrogen-bond acceptors (Lipinski definition) is 1. The predicted molar refractivity (Wildman–Crippen MR) is 59.4 cm³/mol. The summed E-state index contributed by atoms with van der Waals surface area (Å²) in [6.07, 6.45) is 0. The van der Waals surface area contributed by atoms with E-state index in [-0.39, 0.29) is 0 Å². The Morgan fingerprint density at radius 1 is 1.08 bits per heavy atom. The maximum absolute atomic E-state index is 5.78. The van der Waals surface area contributed by atoms with Crippen molar-refractivity contribution in [2.24, 2.45) is 5.92 Å². The van der Waals surface area contributed by atoms with Crippen molar-refractivity contribution < 1.29 is 0 Å². The lowest BCUT2D eigenvalue weighted by Gasteiger charge is -2.18. The summed E-state index contributed by atoms with van der Waals surface area (Å²) in [6, 6.07) is 8.29. The van der Waals surface area contributed by atoms with Gasteiger partial charge in [-0.15, -0.1) is 0 Å². The molecule has 1 aromatic carbocycles. The van der Waals surface area contributed by atoms with Gasteiger partial charge in [0.25, 0.3) is 0 Å². The van der Waals surface area contributed by atoms with Gasteiger partial charge in [0, 0.05) is 16.8 Å². The first-order chi connectivity index (χ1) is 6.09. The molecule has 0 amide bonds. The molecule has 0 aromatic heterocycles. The molecule has 0 bridgehead atoms. The largest absolute Gasteiger partial charge is 0.382 e. The third-order valence-corrected chi connectivity index (χ3v) is 2.49. The summed E-state index contributed by atoms with van der Waals surface area (Å²) in [7, 11) is 0. The third kappa shape index (κ3) is 3.27. The average Bonchev–Trinajstić information content (AvgIpc) is 2.08. The number of benzene rings is 1. The molecular formula is C11H16ClN. The van der Waals surface area contributed by atoms with Gasteiger partial charge in [0.15, 0.2) is 0 Å². The molecule has 2 heteroatoms. The van der Waals surface area contributed by atoms with Gasteiger partial charge in [0.1, 0.15) is 0 Å². The number of rotatable bonds is 3. The Kier molecular flexibility index (Phi) is 3.61. The van der Waals surface area contributed by atoms with Crippen molar-refractivity contribution in [1.82, 2.24) is 0 Å². The maximum atomic E-state index is 5.78. The topological polar surface area (TPSA) is 12.0 Å². The highest BCUT2D eigenvalue weighted by Crippen LogP contribution is 2.15. The Morgan fingerprint density at radius 3 is 2.08 bits per heavy atom. The van der Waals surface area contributed by atoms with E-state index in [9.17, 15) is 0 Å². The van der Waals surface area contributed by atoms with Crippen LogP contribution in [-0.4, -0.2) is 6.04 Å². The Balaban J connectivity index is 2.59. The van der Waals surface area contributed by atoms with E-state index in [2.05, 4.69) is 26.1 Å². The van der Waals surface area contributed by atoms with Gasteiger partial charge < -0.3 is 5.32 Å². The Hall–Kier alpha value is -0.690. The van der Waals surface area contributed by atoms with Gasteiger partial charge in [-0.2, -0.15) is 0 Å². The lowest BCUT2D eigenvalue weighted by atomic mass is 10.1. The second-order valence-corrected chi connectivity index (χ2v) is 4.12. The van der Waals surface area contributed by atoms with Crippen LogP contribution in [0.15, 0.2) is 24.3 Å². The van der Waals surface area contributed by atoms with Crippen LogP contribution in [0.4, 0.5) is 5.69 Å². The first kappa shape index (κ1) is 10.4. The van der Waals surface area contributed by atoms with Crippen molar-refractivity contribution in [3.63, 3.8) is 0 Å². The van der Waals surface area contributed by atoms with Crippen LogP contribution in [0.25, 0.3) is 0 Å². The van der Waals surface area contributed by atoms with Gasteiger partial charge in [-0.1, -0.05) is 25.4 Å². The van der Waals surface area contributed by atoms with Crippen LogP contribution in [0, 0.1) is 5.92 Å². The standard InChI is InChI=1S/C11H16ClN/c1-8(2)9(3)13-11-6-4-10(12)5-7-11/h4-9,13H,1-3H3/t9-/m0/s1. The lowest BCUT2D eigenvalue weighted by molar-refractivity contribution is 0.560. The van der Waals surface area contributed by atoms with Crippen molar-refractivity contribution in [1.29, 1.82) is 0 Å². The molecule has 0 aliphatic rings. The minimum absolute atomic E-state index is 0.487. The normalized spacial score (nSPS) is 13.0. The van der Waals surface area contributed by atoms with E-state index in [0.717, 1.165) is 10.7 Å². The van der Waals surface area contributed by atoms with E-state index >= 15 is 0 Å². The molecule has 1 nitrogen and oxygen atoms in total. The predicted octanol–water partition coefficient (Wildman–Crippen LogP) is 3.80. The molecule has 1 N–H and O–H groups in total. The molecule has 0 radical (unpaired) electrons. The number of anilines is 1. The van der Waals surface area contributed by atoms with Crippen molar-refractivity contribution in [3.8, 4) is 0 Å². The van der Waals surface area contributed by atoms with Gasteiger partial charge in [-0.25, -0.2) is 0 Å². The van der Waals surface area contributed by atoms with Gasteiger partial charge in [-0.3, -0.25) is 0 Å². The maximum Gasteiger partial charge on any atom is 0.0407 e. The highest BCUT2D eigenvalue weighted by Gasteiger charge is 2.05. The second-order valence-electron chi connectivity index (χ2n) is 3.68. The van der Waals surface area contributed by atoms with Crippen LogP contribution >= 0.6 is 11.6 Å². The zero-order valence-electron chi connectivity index (χ0n) is 8.34. The first-order valence-electron chi connectivity index (χ1n) is 4.61. The third-order valence-electron chi connectivity index (χ3n) is 2.24. The molecule has 1 aromatic rings. The van der Waals surface area contributed by atoms with Gasteiger partial charge in [0.2, 0.25) is 0 Å². The molecule has 0 aliphatic heterocycles. The van der Waals surface area contributed by atoms with Crippen LogP contribution in [-0.2, 0) is 0 Å². The SMILES string of the molecule is CC(C)[C@H](C)Nc1ccc(Cl)cc1. The van der Waals surface area contributed by atoms with E-state index in [4.69, 9.17) is 11.6 Å². The van der Waals surface area contributed by atoms with Crippen LogP contribution in [0.2, 0.25) is 5.02 Å². The smallest absolute Gasteiger partial charge is 0.0407 e. The summed E-state index contributed by atoms with van der Waals surface area (Å²) in [5, 5.41) is 4.19. The molecule has 0 heterocycles. The zero-order valence-corrected chi connectivity index (χ0v) is 9.10. The molecule has 0 saturated heterocycles. The van der Waals surface area contributed by atoms with Crippen molar-refractivity contribution in [2.75, 3.05) is 5.32 Å². The fourth-order valence-electron chi connectivity index (χ4n) is 0.976. The molecule has 0 saturated carbocycles. The number of nitrogens with one attached hydrogen (secondary N) is 1. The molecule has 13 heavy (non-hydrogen) atoms. The van der Waals surface area contributed by atoms with Crippen LogP contribution in [0.3, 0.4) is 0 Å². The Morgan fingerprint density at radius 2 is 1.62 bits per heavy atom. The van der Waals surface area contributed by atoms with Crippen molar-refractivity contribution in [2.45, 2.75) is 26.8 Å². The van der Waals surface area contributed by atoms with Crippen molar-refractivity contribution >= 4 is 17.3 Å². The molecule has 72 valence electrons. The van der Waals surface area contributed by atoms with Crippen LogP contribution in [0.1, 0.15) is 20.8 Å². The van der Waals surface area contributed by atoms with Gasteiger partial charge in [-0.05, 0) is 37.1 Å². The van der Waals surface area contributed by atoms with Gasteiger partial charge in [0.05, 0.1) is 0 Å². The van der Waals surface area contributed by atoms with Crippen LogP contribution < -0.4 is 5.32 Å². The first-order valence-corrected chi connectivity index (χ1v) is 4.99. The summed E-state index contributed by atoms with van der Waals surface area (Å²) in [4.78, 5) is 0. The van der Waals surface area contributed by atoms with E-state index in [1.165, 1.54) is 0 Å². The summed E-state index contributed by atoms with van der Waals surface area (Å²) < 4.78 is 0. The second kappa shape index (κ2) is 4.52. The molecule has 1 atom stereocenters. The molecule has 0 fully saturated rings. The quantitative estimate of drug-likeness (QED) is 0.778. The molecule has 1 rings (SSSR count). The van der Waals surface area contributed by atoms with E-state index in [1.54, 1.807) is 0 Å². The highest BCUT2D eigenvalue weighted by molar-refractivity contribution is 6.30. The average molecular weight is 198 g/mol. The number of hydrogen-bond donors (Lipinski definition) is 1. The minimum Gasteiger partial charge on any atom is -0.382 e.